The Morgan fingerprint density at radius 1 is 0.967 bits per heavy atom. The molecule has 0 aromatic heterocycles. The van der Waals surface area contributed by atoms with Gasteiger partial charge in [-0.3, -0.25) is 9.59 Å². The molecule has 0 spiro atoms. The summed E-state index contributed by atoms with van der Waals surface area (Å²) in [4.78, 5) is 30.0. The van der Waals surface area contributed by atoms with Gasteiger partial charge in [0.15, 0.2) is 0 Å². The number of likely N-dealkylation sites (N-methyl/N-ethyl adjacent to an activating group) is 1. The smallest absolute Gasteiger partial charge is 0.226 e. The third kappa shape index (κ3) is 5.37. The van der Waals surface area contributed by atoms with Gasteiger partial charge in [-0.1, -0.05) is 0 Å². The maximum atomic E-state index is 13.0. The second-order valence-electron chi connectivity index (χ2n) is 11.1. The number of rotatable bonds is 9. The van der Waals surface area contributed by atoms with Crippen LogP contribution >= 0.6 is 0 Å². The SMILES string of the molecule is CN(C)CCN1CCC(CNC(=O)CCNC(=O)C23CC4CC(CC(C4)C2)C3)CC1. The maximum Gasteiger partial charge on any atom is 0.226 e. The molecular formula is C24H42N4O2. The summed E-state index contributed by atoms with van der Waals surface area (Å²) in [6.45, 7) is 5.77. The number of carbonyl (C=O) groups excluding carboxylic acids is 2. The van der Waals surface area contributed by atoms with E-state index in [1.54, 1.807) is 0 Å². The van der Waals surface area contributed by atoms with E-state index in [0.717, 1.165) is 82.6 Å². The fraction of sp³-hybridized carbons (Fsp3) is 0.917. The summed E-state index contributed by atoms with van der Waals surface area (Å²) in [5, 5.41) is 6.24. The number of amides is 2. The normalized spacial score (nSPS) is 33.8. The number of nitrogens with one attached hydrogen (secondary N) is 2. The summed E-state index contributed by atoms with van der Waals surface area (Å²) in [6.07, 6.45) is 10.0. The summed E-state index contributed by atoms with van der Waals surface area (Å²) in [7, 11) is 4.24. The van der Waals surface area contributed by atoms with Crippen LogP contribution < -0.4 is 10.6 Å². The predicted octanol–water partition coefficient (Wildman–Crippen LogP) is 2.10. The fourth-order valence-electron chi connectivity index (χ4n) is 6.97. The Balaban J connectivity index is 1.10. The maximum absolute atomic E-state index is 13.0. The molecule has 2 N–H and O–H groups in total. The third-order valence-electron chi connectivity index (χ3n) is 8.32. The van der Waals surface area contributed by atoms with Gasteiger partial charge in [0.05, 0.1) is 0 Å². The van der Waals surface area contributed by atoms with Gasteiger partial charge in [0.2, 0.25) is 11.8 Å². The van der Waals surface area contributed by atoms with Gasteiger partial charge in [-0.25, -0.2) is 0 Å². The molecule has 4 aliphatic carbocycles. The summed E-state index contributed by atoms with van der Waals surface area (Å²) >= 11 is 0. The first-order chi connectivity index (χ1) is 14.4. The van der Waals surface area contributed by atoms with Crippen LogP contribution in [0.25, 0.3) is 0 Å². The van der Waals surface area contributed by atoms with Gasteiger partial charge in [0, 0.05) is 38.0 Å². The first-order valence-corrected chi connectivity index (χ1v) is 12.3. The molecule has 6 nitrogen and oxygen atoms in total. The van der Waals surface area contributed by atoms with E-state index in [9.17, 15) is 9.59 Å². The van der Waals surface area contributed by atoms with Crippen LogP contribution in [0, 0.1) is 29.1 Å². The lowest BCUT2D eigenvalue weighted by molar-refractivity contribution is -0.146. The molecule has 6 heteroatoms. The molecule has 5 aliphatic rings. The zero-order valence-electron chi connectivity index (χ0n) is 19.1. The van der Waals surface area contributed by atoms with Crippen molar-refractivity contribution >= 4 is 11.8 Å². The summed E-state index contributed by atoms with van der Waals surface area (Å²) in [6, 6.07) is 0. The van der Waals surface area contributed by atoms with Crippen LogP contribution in [0.3, 0.4) is 0 Å². The van der Waals surface area contributed by atoms with E-state index in [1.165, 1.54) is 19.3 Å². The van der Waals surface area contributed by atoms with Crippen molar-refractivity contribution < 1.29 is 9.59 Å². The van der Waals surface area contributed by atoms with E-state index in [1.807, 2.05) is 0 Å². The van der Waals surface area contributed by atoms with E-state index in [2.05, 4.69) is 34.5 Å². The molecule has 1 heterocycles. The Bertz CT molecular complexity index is 577. The predicted molar refractivity (Wildman–Crippen MR) is 119 cm³/mol. The monoisotopic (exact) mass is 418 g/mol. The Morgan fingerprint density at radius 3 is 2.13 bits per heavy atom. The van der Waals surface area contributed by atoms with Crippen LogP contribution in [-0.2, 0) is 9.59 Å². The van der Waals surface area contributed by atoms with E-state index >= 15 is 0 Å². The van der Waals surface area contributed by atoms with Gasteiger partial charge < -0.3 is 20.4 Å². The largest absolute Gasteiger partial charge is 0.356 e. The van der Waals surface area contributed by atoms with Crippen molar-refractivity contribution in [1.82, 2.24) is 20.4 Å². The fourth-order valence-corrected chi connectivity index (χ4v) is 6.97. The summed E-state index contributed by atoms with van der Waals surface area (Å²) < 4.78 is 0. The first kappa shape index (κ1) is 22.1. The lowest BCUT2D eigenvalue weighted by atomic mass is 9.49. The highest BCUT2D eigenvalue weighted by molar-refractivity contribution is 5.84. The van der Waals surface area contributed by atoms with Crippen molar-refractivity contribution in [3.63, 3.8) is 0 Å². The minimum Gasteiger partial charge on any atom is -0.356 e. The quantitative estimate of drug-likeness (QED) is 0.602. The summed E-state index contributed by atoms with van der Waals surface area (Å²) in [5.74, 6) is 3.24. The lowest BCUT2D eigenvalue weighted by Gasteiger charge is -2.55. The number of piperidine rings is 1. The topological polar surface area (TPSA) is 64.7 Å². The highest BCUT2D eigenvalue weighted by Gasteiger charge is 2.54. The molecular weight excluding hydrogens is 376 g/mol. The van der Waals surface area contributed by atoms with E-state index in [4.69, 9.17) is 0 Å². The van der Waals surface area contributed by atoms with Crippen LogP contribution in [-0.4, -0.2) is 75.0 Å². The molecule has 5 fully saturated rings. The minimum atomic E-state index is -0.105. The van der Waals surface area contributed by atoms with Crippen LogP contribution in [0.2, 0.25) is 0 Å². The second kappa shape index (κ2) is 9.56. The lowest BCUT2D eigenvalue weighted by Crippen LogP contribution is -2.53. The number of nitrogens with zero attached hydrogens (tertiary/aromatic N) is 2. The Hall–Kier alpha value is -1.14. The van der Waals surface area contributed by atoms with Crippen molar-refractivity contribution in [1.29, 1.82) is 0 Å². The highest BCUT2D eigenvalue weighted by Crippen LogP contribution is 2.60. The molecule has 0 aromatic rings. The molecule has 4 saturated carbocycles. The van der Waals surface area contributed by atoms with E-state index < -0.39 is 0 Å². The van der Waals surface area contributed by atoms with Gasteiger partial charge >= 0.3 is 0 Å². The van der Waals surface area contributed by atoms with Gasteiger partial charge in [0.25, 0.3) is 0 Å². The molecule has 30 heavy (non-hydrogen) atoms. The highest BCUT2D eigenvalue weighted by atomic mass is 16.2. The first-order valence-electron chi connectivity index (χ1n) is 12.3. The average Bonchev–Trinajstić information content (AvgIpc) is 2.70. The number of hydrogen-bond acceptors (Lipinski definition) is 4. The second-order valence-corrected chi connectivity index (χ2v) is 11.1. The molecule has 0 radical (unpaired) electrons. The molecule has 0 unspecified atom stereocenters. The van der Waals surface area contributed by atoms with Gasteiger partial charge in [-0.05, 0) is 102 Å². The Kier molecular flexibility index (Phi) is 7.03. The third-order valence-corrected chi connectivity index (χ3v) is 8.32. The van der Waals surface area contributed by atoms with E-state index in [0.29, 0.717) is 18.9 Å². The van der Waals surface area contributed by atoms with Crippen LogP contribution in [0.4, 0.5) is 0 Å². The van der Waals surface area contributed by atoms with Gasteiger partial charge in [-0.15, -0.1) is 0 Å². The van der Waals surface area contributed by atoms with Crippen molar-refractivity contribution in [2.45, 2.75) is 57.8 Å². The zero-order chi connectivity index (χ0) is 21.1. The molecule has 1 saturated heterocycles. The minimum absolute atomic E-state index is 0.0795. The van der Waals surface area contributed by atoms with Crippen molar-refractivity contribution in [3.05, 3.63) is 0 Å². The molecule has 2 amide bonds. The van der Waals surface area contributed by atoms with Crippen LogP contribution in [0.5, 0.6) is 0 Å². The van der Waals surface area contributed by atoms with Crippen LogP contribution in [0.15, 0.2) is 0 Å². The summed E-state index contributed by atoms with van der Waals surface area (Å²) in [5.41, 5.74) is -0.105. The molecule has 170 valence electrons. The Morgan fingerprint density at radius 2 is 1.57 bits per heavy atom. The standard InChI is InChI=1S/C24H42N4O2/c1-27(2)9-10-28-7-4-18(5-8-28)17-26-22(29)3-6-25-23(30)24-14-19-11-20(15-24)13-21(12-19)16-24/h18-21H,3-17H2,1-2H3,(H,25,30)(H,26,29). The Labute approximate surface area is 182 Å². The van der Waals surface area contributed by atoms with Gasteiger partial charge in [-0.2, -0.15) is 0 Å². The molecule has 1 aliphatic heterocycles. The molecule has 4 bridgehead atoms. The van der Waals surface area contributed by atoms with Crippen molar-refractivity contribution in [2.75, 3.05) is 53.4 Å². The van der Waals surface area contributed by atoms with E-state index in [-0.39, 0.29) is 17.2 Å². The van der Waals surface area contributed by atoms with Crippen LogP contribution in [0.1, 0.15) is 57.8 Å². The zero-order valence-corrected chi connectivity index (χ0v) is 19.1. The number of likely N-dealkylation sites (tertiary alicyclic amines) is 1. The molecule has 0 atom stereocenters. The number of hydrogen-bond donors (Lipinski definition) is 2. The van der Waals surface area contributed by atoms with Gasteiger partial charge in [0.1, 0.15) is 0 Å². The molecule has 0 aromatic carbocycles. The van der Waals surface area contributed by atoms with Crippen molar-refractivity contribution in [2.24, 2.45) is 29.1 Å². The van der Waals surface area contributed by atoms with Crippen molar-refractivity contribution in [3.8, 4) is 0 Å². The molecule has 5 rings (SSSR count). The number of carbonyl (C=O) groups is 2. The average molecular weight is 419 g/mol.